The van der Waals surface area contributed by atoms with Gasteiger partial charge in [0.25, 0.3) is 0 Å². The van der Waals surface area contributed by atoms with Gasteiger partial charge in [-0.05, 0) is 25.5 Å². The molecule has 0 spiro atoms. The number of hydrogen-bond donors (Lipinski definition) is 1. The van der Waals surface area contributed by atoms with Crippen LogP contribution in [0, 0.1) is 0 Å². The van der Waals surface area contributed by atoms with Crippen LogP contribution in [-0.2, 0) is 0 Å². The lowest BCUT2D eigenvalue weighted by atomic mass is 9.95. The number of aromatic nitrogens is 2. The van der Waals surface area contributed by atoms with Crippen molar-refractivity contribution in [3.8, 4) is 11.3 Å². The smallest absolute Gasteiger partial charge is 0.116 e. The molecule has 0 saturated carbocycles. The second-order valence-corrected chi connectivity index (χ2v) is 4.74. The van der Waals surface area contributed by atoms with Crippen LogP contribution in [0.15, 0.2) is 42.7 Å². The zero-order valence-corrected chi connectivity index (χ0v) is 10.3. The molecule has 3 nitrogen and oxygen atoms in total. The standard InChI is InChI=1S/C15H17N3/c1-2-5-12(6-3-1)14-9-15(18-11-17-14)13-7-4-8-16-10-13/h1-3,5-6,9,11,13,16H,4,7-8,10H2. The van der Waals surface area contributed by atoms with Crippen molar-refractivity contribution in [2.75, 3.05) is 13.1 Å². The molecule has 2 heterocycles. The molecule has 3 rings (SSSR count). The molecule has 0 bridgehead atoms. The van der Waals surface area contributed by atoms with E-state index in [4.69, 9.17) is 0 Å². The lowest BCUT2D eigenvalue weighted by molar-refractivity contribution is 0.454. The minimum Gasteiger partial charge on any atom is -0.316 e. The van der Waals surface area contributed by atoms with Crippen LogP contribution in [0.25, 0.3) is 11.3 Å². The van der Waals surface area contributed by atoms with E-state index < -0.39 is 0 Å². The van der Waals surface area contributed by atoms with Crippen LogP contribution < -0.4 is 5.32 Å². The molecule has 2 aromatic rings. The van der Waals surface area contributed by atoms with Crippen LogP contribution >= 0.6 is 0 Å². The average molecular weight is 239 g/mol. The molecule has 1 aliphatic heterocycles. The number of benzene rings is 1. The molecule has 1 unspecified atom stereocenters. The summed E-state index contributed by atoms with van der Waals surface area (Å²) in [6.07, 6.45) is 4.14. The van der Waals surface area contributed by atoms with Gasteiger partial charge in [0.2, 0.25) is 0 Å². The molecular weight excluding hydrogens is 222 g/mol. The summed E-state index contributed by atoms with van der Waals surface area (Å²) in [5.41, 5.74) is 3.34. The van der Waals surface area contributed by atoms with Crippen LogP contribution in [0.2, 0.25) is 0 Å². The summed E-state index contributed by atoms with van der Waals surface area (Å²) in [5, 5.41) is 3.43. The van der Waals surface area contributed by atoms with Gasteiger partial charge in [0.1, 0.15) is 6.33 Å². The number of piperidine rings is 1. The molecule has 1 saturated heterocycles. The zero-order chi connectivity index (χ0) is 12.2. The van der Waals surface area contributed by atoms with E-state index in [2.05, 4.69) is 33.5 Å². The third kappa shape index (κ3) is 2.41. The van der Waals surface area contributed by atoms with Gasteiger partial charge in [0.15, 0.2) is 0 Å². The van der Waals surface area contributed by atoms with E-state index in [-0.39, 0.29) is 0 Å². The van der Waals surface area contributed by atoms with Gasteiger partial charge >= 0.3 is 0 Å². The number of nitrogens with zero attached hydrogens (tertiary/aromatic N) is 2. The fourth-order valence-electron chi connectivity index (χ4n) is 2.47. The van der Waals surface area contributed by atoms with Gasteiger partial charge < -0.3 is 5.32 Å². The maximum absolute atomic E-state index is 4.44. The van der Waals surface area contributed by atoms with Crippen molar-refractivity contribution < 1.29 is 0 Å². The van der Waals surface area contributed by atoms with E-state index in [9.17, 15) is 0 Å². The maximum atomic E-state index is 4.44. The second kappa shape index (κ2) is 5.27. The summed E-state index contributed by atoms with van der Waals surface area (Å²) in [4.78, 5) is 8.81. The van der Waals surface area contributed by atoms with Crippen molar-refractivity contribution in [3.63, 3.8) is 0 Å². The summed E-state index contributed by atoms with van der Waals surface area (Å²) < 4.78 is 0. The minimum absolute atomic E-state index is 0.532. The molecule has 0 radical (unpaired) electrons. The van der Waals surface area contributed by atoms with Crippen molar-refractivity contribution in [1.82, 2.24) is 15.3 Å². The monoisotopic (exact) mass is 239 g/mol. The molecule has 0 aliphatic carbocycles. The van der Waals surface area contributed by atoms with E-state index in [1.165, 1.54) is 12.8 Å². The van der Waals surface area contributed by atoms with E-state index >= 15 is 0 Å². The summed E-state index contributed by atoms with van der Waals surface area (Å²) in [7, 11) is 0. The van der Waals surface area contributed by atoms with Crippen molar-refractivity contribution in [2.24, 2.45) is 0 Å². The first-order valence-corrected chi connectivity index (χ1v) is 6.51. The van der Waals surface area contributed by atoms with Gasteiger partial charge in [0, 0.05) is 23.7 Å². The van der Waals surface area contributed by atoms with Crippen molar-refractivity contribution in [2.45, 2.75) is 18.8 Å². The molecule has 1 aliphatic rings. The van der Waals surface area contributed by atoms with Gasteiger partial charge in [-0.3, -0.25) is 0 Å². The predicted molar refractivity (Wildman–Crippen MR) is 72.3 cm³/mol. The number of hydrogen-bond acceptors (Lipinski definition) is 3. The second-order valence-electron chi connectivity index (χ2n) is 4.74. The SMILES string of the molecule is c1ccc(-c2cc(C3CCCNC3)ncn2)cc1. The highest BCUT2D eigenvalue weighted by Crippen LogP contribution is 2.24. The Bertz CT molecular complexity index is 504. The summed E-state index contributed by atoms with van der Waals surface area (Å²) in [5.74, 6) is 0.532. The highest BCUT2D eigenvalue weighted by atomic mass is 14.9. The van der Waals surface area contributed by atoms with Crippen molar-refractivity contribution >= 4 is 0 Å². The number of rotatable bonds is 2. The Balaban J connectivity index is 1.89. The normalized spacial score (nSPS) is 19.7. The third-order valence-corrected chi connectivity index (χ3v) is 3.47. The van der Waals surface area contributed by atoms with Crippen LogP contribution in [0.5, 0.6) is 0 Å². The molecule has 92 valence electrons. The largest absolute Gasteiger partial charge is 0.316 e. The highest BCUT2D eigenvalue weighted by Gasteiger charge is 2.16. The summed E-state index contributed by atoms with van der Waals surface area (Å²) in [6.45, 7) is 2.17. The molecule has 1 aromatic carbocycles. The Hall–Kier alpha value is -1.74. The van der Waals surface area contributed by atoms with E-state index in [0.717, 1.165) is 30.0 Å². The van der Waals surface area contributed by atoms with Gasteiger partial charge in [-0.15, -0.1) is 0 Å². The van der Waals surface area contributed by atoms with Crippen LogP contribution in [-0.4, -0.2) is 23.1 Å². The Kier molecular flexibility index (Phi) is 3.33. The quantitative estimate of drug-likeness (QED) is 0.875. The molecular formula is C15H17N3. The summed E-state index contributed by atoms with van der Waals surface area (Å²) >= 11 is 0. The van der Waals surface area contributed by atoms with E-state index in [1.807, 2.05) is 18.2 Å². The van der Waals surface area contributed by atoms with Crippen LogP contribution in [0.1, 0.15) is 24.5 Å². The molecule has 1 atom stereocenters. The minimum atomic E-state index is 0.532. The topological polar surface area (TPSA) is 37.8 Å². The van der Waals surface area contributed by atoms with Gasteiger partial charge in [0.05, 0.1) is 5.69 Å². The molecule has 1 N–H and O–H groups in total. The Labute approximate surface area is 107 Å². The third-order valence-electron chi connectivity index (χ3n) is 3.47. The highest BCUT2D eigenvalue weighted by molar-refractivity contribution is 5.58. The zero-order valence-electron chi connectivity index (χ0n) is 10.3. The van der Waals surface area contributed by atoms with Gasteiger partial charge in [-0.1, -0.05) is 30.3 Å². The van der Waals surface area contributed by atoms with Crippen molar-refractivity contribution in [1.29, 1.82) is 0 Å². The first-order chi connectivity index (χ1) is 8.93. The van der Waals surface area contributed by atoms with Crippen molar-refractivity contribution in [3.05, 3.63) is 48.4 Å². The van der Waals surface area contributed by atoms with Crippen LogP contribution in [0.3, 0.4) is 0 Å². The van der Waals surface area contributed by atoms with Gasteiger partial charge in [-0.25, -0.2) is 9.97 Å². The predicted octanol–water partition coefficient (Wildman–Crippen LogP) is 2.61. The average Bonchev–Trinajstić information content (AvgIpc) is 2.49. The van der Waals surface area contributed by atoms with E-state index in [0.29, 0.717) is 5.92 Å². The Morgan fingerprint density at radius 3 is 2.78 bits per heavy atom. The molecule has 18 heavy (non-hydrogen) atoms. The van der Waals surface area contributed by atoms with Gasteiger partial charge in [-0.2, -0.15) is 0 Å². The molecule has 1 aromatic heterocycles. The Morgan fingerprint density at radius 1 is 1.11 bits per heavy atom. The molecule has 3 heteroatoms. The van der Waals surface area contributed by atoms with E-state index in [1.54, 1.807) is 6.33 Å². The first-order valence-electron chi connectivity index (χ1n) is 6.51. The first kappa shape index (κ1) is 11.4. The lowest BCUT2D eigenvalue weighted by Crippen LogP contribution is -2.28. The maximum Gasteiger partial charge on any atom is 0.116 e. The summed E-state index contributed by atoms with van der Waals surface area (Å²) in [6, 6.07) is 12.4. The fraction of sp³-hybridized carbons (Fsp3) is 0.333. The van der Waals surface area contributed by atoms with Crippen LogP contribution in [0.4, 0.5) is 0 Å². The molecule has 0 amide bonds. The fourth-order valence-corrected chi connectivity index (χ4v) is 2.47. The number of nitrogens with one attached hydrogen (secondary N) is 1. The molecule has 1 fully saturated rings. The lowest BCUT2D eigenvalue weighted by Gasteiger charge is -2.22. The Morgan fingerprint density at radius 2 is 2.00 bits per heavy atom.